The van der Waals surface area contributed by atoms with Crippen LogP contribution in [-0.4, -0.2) is 37.0 Å². The first-order valence-electron chi connectivity index (χ1n) is 8.98. The lowest BCUT2D eigenvalue weighted by Gasteiger charge is -2.10. The molecule has 3 N–H and O–H groups in total. The van der Waals surface area contributed by atoms with Crippen LogP contribution >= 0.6 is 0 Å². The van der Waals surface area contributed by atoms with Crippen molar-refractivity contribution in [3.8, 4) is 0 Å². The number of nitrogens with one attached hydrogen (secondary N) is 3. The summed E-state index contributed by atoms with van der Waals surface area (Å²) in [5, 5.41) is 7.03. The molecule has 2 aromatic carbocycles. The third kappa shape index (κ3) is 7.84. The number of imide groups is 1. The summed E-state index contributed by atoms with van der Waals surface area (Å²) in [6.45, 7) is 2.76. The lowest BCUT2D eigenvalue weighted by atomic mass is 10.1. The topological polar surface area (TPSA) is 114 Å². The van der Waals surface area contributed by atoms with Crippen LogP contribution in [0.4, 0.5) is 10.5 Å². The first-order chi connectivity index (χ1) is 13.8. The second kappa shape index (κ2) is 10.6. The SMILES string of the molecule is Cc1ccc(NC(=O)NC(=O)COC(=O)CNC(=O)Cc2ccccc2)c(C)c1. The summed E-state index contributed by atoms with van der Waals surface area (Å²) in [5.74, 6) is -1.90. The molecule has 29 heavy (non-hydrogen) atoms. The van der Waals surface area contributed by atoms with E-state index < -0.39 is 24.5 Å². The lowest BCUT2D eigenvalue weighted by Crippen LogP contribution is -2.38. The third-order valence-electron chi connectivity index (χ3n) is 3.88. The number of carbonyl (C=O) groups excluding carboxylic acids is 4. The van der Waals surface area contributed by atoms with E-state index in [9.17, 15) is 19.2 Å². The minimum atomic E-state index is -0.781. The fourth-order valence-corrected chi connectivity index (χ4v) is 2.48. The highest BCUT2D eigenvalue weighted by molar-refractivity contribution is 6.02. The van der Waals surface area contributed by atoms with Crippen LogP contribution in [0.2, 0.25) is 0 Å². The number of hydrogen-bond acceptors (Lipinski definition) is 5. The quantitative estimate of drug-likeness (QED) is 0.617. The number of benzene rings is 2. The third-order valence-corrected chi connectivity index (χ3v) is 3.88. The van der Waals surface area contributed by atoms with E-state index in [0.717, 1.165) is 16.7 Å². The highest BCUT2D eigenvalue weighted by Gasteiger charge is 2.13. The molecule has 0 radical (unpaired) electrons. The molecule has 2 rings (SSSR count). The van der Waals surface area contributed by atoms with Crippen LogP contribution in [-0.2, 0) is 25.5 Å². The molecule has 0 spiro atoms. The number of hydrogen-bond donors (Lipinski definition) is 3. The zero-order chi connectivity index (χ0) is 21.2. The normalized spacial score (nSPS) is 10.0. The van der Waals surface area contributed by atoms with Crippen molar-refractivity contribution < 1.29 is 23.9 Å². The lowest BCUT2D eigenvalue weighted by molar-refractivity contribution is -0.148. The Kier molecular flexibility index (Phi) is 7.90. The maximum absolute atomic E-state index is 11.9. The first kappa shape index (κ1) is 21.6. The number of ether oxygens (including phenoxy) is 1. The van der Waals surface area contributed by atoms with Crippen molar-refractivity contribution in [1.29, 1.82) is 0 Å². The minimum Gasteiger partial charge on any atom is -0.454 e. The molecule has 0 saturated heterocycles. The van der Waals surface area contributed by atoms with Gasteiger partial charge in [-0.2, -0.15) is 0 Å². The van der Waals surface area contributed by atoms with Gasteiger partial charge >= 0.3 is 12.0 Å². The van der Waals surface area contributed by atoms with Gasteiger partial charge in [-0.3, -0.25) is 19.7 Å². The number of carbonyl (C=O) groups is 4. The molecule has 0 aromatic heterocycles. The summed E-state index contributed by atoms with van der Waals surface area (Å²) in [6.07, 6.45) is 0.132. The van der Waals surface area contributed by atoms with E-state index in [-0.39, 0.29) is 18.9 Å². The van der Waals surface area contributed by atoms with Gasteiger partial charge in [-0.05, 0) is 31.0 Å². The smallest absolute Gasteiger partial charge is 0.325 e. The molecule has 0 aliphatic rings. The Morgan fingerprint density at radius 3 is 2.34 bits per heavy atom. The first-order valence-corrected chi connectivity index (χ1v) is 8.98. The molecule has 4 amide bonds. The van der Waals surface area contributed by atoms with Gasteiger partial charge in [0.1, 0.15) is 6.54 Å². The van der Waals surface area contributed by atoms with Crippen molar-refractivity contribution in [3.05, 3.63) is 65.2 Å². The summed E-state index contributed by atoms with van der Waals surface area (Å²) >= 11 is 0. The van der Waals surface area contributed by atoms with Crippen LogP contribution in [0.15, 0.2) is 48.5 Å². The molecule has 152 valence electrons. The van der Waals surface area contributed by atoms with Gasteiger partial charge in [-0.25, -0.2) is 4.79 Å². The number of amides is 4. The van der Waals surface area contributed by atoms with Gasteiger partial charge < -0.3 is 15.4 Å². The van der Waals surface area contributed by atoms with E-state index >= 15 is 0 Å². The van der Waals surface area contributed by atoms with Crippen molar-refractivity contribution >= 4 is 29.5 Å². The van der Waals surface area contributed by atoms with Crippen molar-refractivity contribution in [1.82, 2.24) is 10.6 Å². The van der Waals surface area contributed by atoms with Crippen molar-refractivity contribution in [3.63, 3.8) is 0 Å². The van der Waals surface area contributed by atoms with Crippen LogP contribution in [0.25, 0.3) is 0 Å². The Bertz CT molecular complexity index is 896. The van der Waals surface area contributed by atoms with Crippen molar-refractivity contribution in [2.45, 2.75) is 20.3 Å². The Labute approximate surface area is 168 Å². The molecule has 0 heterocycles. The van der Waals surface area contributed by atoms with Crippen molar-refractivity contribution in [2.24, 2.45) is 0 Å². The fourth-order valence-electron chi connectivity index (χ4n) is 2.48. The summed E-state index contributed by atoms with van der Waals surface area (Å²) in [4.78, 5) is 47.0. The van der Waals surface area contributed by atoms with Gasteiger partial charge in [-0.1, -0.05) is 48.0 Å². The monoisotopic (exact) mass is 397 g/mol. The molecule has 0 aliphatic carbocycles. The summed E-state index contributed by atoms with van der Waals surface area (Å²) in [7, 11) is 0. The highest BCUT2D eigenvalue weighted by atomic mass is 16.5. The van der Waals surface area contributed by atoms with Crippen LogP contribution in [0.5, 0.6) is 0 Å². The van der Waals surface area contributed by atoms with Crippen LogP contribution < -0.4 is 16.0 Å². The average molecular weight is 397 g/mol. The zero-order valence-electron chi connectivity index (χ0n) is 16.3. The van der Waals surface area contributed by atoms with Gasteiger partial charge in [0.25, 0.3) is 5.91 Å². The predicted octanol–water partition coefficient (Wildman–Crippen LogP) is 1.85. The minimum absolute atomic E-state index is 0.132. The standard InChI is InChI=1S/C21H23N3O5/c1-14-8-9-17(15(2)10-14)23-21(28)24-19(26)13-29-20(27)12-22-18(25)11-16-6-4-3-5-7-16/h3-10H,11-13H2,1-2H3,(H,22,25)(H2,23,24,26,28). The number of anilines is 1. The number of esters is 1. The van der Waals surface area contributed by atoms with E-state index in [0.29, 0.717) is 5.69 Å². The summed E-state index contributed by atoms with van der Waals surface area (Å²) in [5.41, 5.74) is 3.28. The summed E-state index contributed by atoms with van der Waals surface area (Å²) < 4.78 is 4.75. The maximum Gasteiger partial charge on any atom is 0.325 e. The van der Waals surface area contributed by atoms with Gasteiger partial charge in [0.05, 0.1) is 6.42 Å². The molecule has 2 aromatic rings. The van der Waals surface area contributed by atoms with E-state index in [1.54, 1.807) is 18.2 Å². The van der Waals surface area contributed by atoms with E-state index in [1.165, 1.54) is 0 Å². The van der Waals surface area contributed by atoms with Gasteiger partial charge in [0.2, 0.25) is 5.91 Å². The predicted molar refractivity (Wildman–Crippen MR) is 107 cm³/mol. The van der Waals surface area contributed by atoms with Crippen LogP contribution in [0.3, 0.4) is 0 Å². The van der Waals surface area contributed by atoms with Crippen molar-refractivity contribution in [2.75, 3.05) is 18.5 Å². The maximum atomic E-state index is 11.9. The average Bonchev–Trinajstić information content (AvgIpc) is 2.67. The Hall–Kier alpha value is -3.68. The number of aryl methyl sites for hydroxylation is 2. The van der Waals surface area contributed by atoms with E-state index in [1.807, 2.05) is 44.2 Å². The molecule has 0 aliphatic heterocycles. The number of rotatable bonds is 7. The molecule has 0 bridgehead atoms. The molecule has 8 heteroatoms. The second-order valence-corrected chi connectivity index (χ2v) is 6.42. The largest absolute Gasteiger partial charge is 0.454 e. The zero-order valence-corrected chi connectivity index (χ0v) is 16.3. The van der Waals surface area contributed by atoms with Gasteiger partial charge in [-0.15, -0.1) is 0 Å². The van der Waals surface area contributed by atoms with Crippen LogP contribution in [0, 0.1) is 13.8 Å². The molecule has 8 nitrogen and oxygen atoms in total. The Morgan fingerprint density at radius 1 is 0.931 bits per heavy atom. The fraction of sp³-hybridized carbons (Fsp3) is 0.238. The molecular weight excluding hydrogens is 374 g/mol. The van der Waals surface area contributed by atoms with Crippen LogP contribution in [0.1, 0.15) is 16.7 Å². The molecule has 0 fully saturated rings. The summed E-state index contributed by atoms with van der Waals surface area (Å²) in [6, 6.07) is 13.8. The Balaban J connectivity index is 1.66. The second-order valence-electron chi connectivity index (χ2n) is 6.42. The van der Waals surface area contributed by atoms with Gasteiger partial charge in [0, 0.05) is 5.69 Å². The highest BCUT2D eigenvalue weighted by Crippen LogP contribution is 2.15. The molecule has 0 atom stereocenters. The molecule has 0 saturated carbocycles. The van der Waals surface area contributed by atoms with E-state index in [2.05, 4.69) is 16.0 Å². The van der Waals surface area contributed by atoms with Gasteiger partial charge in [0.15, 0.2) is 6.61 Å². The van der Waals surface area contributed by atoms with E-state index in [4.69, 9.17) is 4.74 Å². The molecule has 0 unspecified atom stereocenters. The number of urea groups is 1. The Morgan fingerprint density at radius 2 is 1.66 bits per heavy atom. The molecular formula is C21H23N3O5.